The van der Waals surface area contributed by atoms with Crippen molar-refractivity contribution in [1.82, 2.24) is 5.32 Å². The molecule has 0 fully saturated rings. The number of carboxylic acids is 1. The highest BCUT2D eigenvalue weighted by Crippen LogP contribution is 2.24. The Morgan fingerprint density at radius 3 is 2.64 bits per heavy atom. The van der Waals surface area contributed by atoms with Crippen LogP contribution in [0.2, 0.25) is 0 Å². The molecule has 1 aromatic carbocycles. The summed E-state index contributed by atoms with van der Waals surface area (Å²) in [7, 11) is 0. The molecule has 7 heteroatoms. The van der Waals surface area contributed by atoms with Crippen molar-refractivity contribution < 1.29 is 23.8 Å². The second-order valence-corrected chi connectivity index (χ2v) is 5.81. The molecule has 0 aliphatic heterocycles. The van der Waals surface area contributed by atoms with Crippen LogP contribution >= 0.6 is 0 Å². The van der Waals surface area contributed by atoms with Crippen LogP contribution in [0.3, 0.4) is 0 Å². The summed E-state index contributed by atoms with van der Waals surface area (Å²) in [4.78, 5) is 34.3. The zero-order chi connectivity index (χ0) is 18.6. The fourth-order valence-corrected chi connectivity index (χ4v) is 2.41. The van der Waals surface area contributed by atoms with Gasteiger partial charge in [0.15, 0.2) is 6.10 Å². The SMILES string of the molecule is CCCc1cc(=O)oc2cc(O[C@@H](C)C(=O)N[C@@H](C)C(=O)[O-])ccc12. The standard InChI is InChI=1S/C18H21NO6/c1-4-5-12-8-16(20)25-15-9-13(6-7-14(12)15)24-11(3)17(21)19-10(2)18(22)23/h6-11H,4-5H2,1-3H3,(H,19,21)(H,22,23)/p-1/t10-,11-/m0/s1. The van der Waals surface area contributed by atoms with E-state index in [1.54, 1.807) is 18.2 Å². The van der Waals surface area contributed by atoms with Crippen molar-refractivity contribution >= 4 is 22.8 Å². The second-order valence-electron chi connectivity index (χ2n) is 5.81. The smallest absolute Gasteiger partial charge is 0.336 e. The van der Waals surface area contributed by atoms with Crippen molar-refractivity contribution in [1.29, 1.82) is 0 Å². The fourth-order valence-electron chi connectivity index (χ4n) is 2.41. The number of aliphatic carboxylic acids is 1. The lowest BCUT2D eigenvalue weighted by atomic mass is 10.1. The van der Waals surface area contributed by atoms with E-state index in [2.05, 4.69) is 5.32 Å². The average Bonchev–Trinajstić information content (AvgIpc) is 2.54. The monoisotopic (exact) mass is 346 g/mol. The Morgan fingerprint density at radius 1 is 1.28 bits per heavy atom. The van der Waals surface area contributed by atoms with Crippen molar-refractivity contribution in [2.45, 2.75) is 45.8 Å². The molecule has 1 heterocycles. The third-order valence-corrected chi connectivity index (χ3v) is 3.72. The highest BCUT2D eigenvalue weighted by Gasteiger charge is 2.18. The minimum absolute atomic E-state index is 0.341. The Morgan fingerprint density at radius 2 is 2.00 bits per heavy atom. The molecular formula is C18H20NO6-. The summed E-state index contributed by atoms with van der Waals surface area (Å²) in [5.74, 6) is -1.62. The highest BCUT2D eigenvalue weighted by atomic mass is 16.5. The van der Waals surface area contributed by atoms with E-state index < -0.39 is 29.6 Å². The van der Waals surface area contributed by atoms with Crippen LogP contribution in [0.25, 0.3) is 11.0 Å². The van der Waals surface area contributed by atoms with Gasteiger partial charge in [-0.3, -0.25) is 4.79 Å². The zero-order valence-electron chi connectivity index (χ0n) is 14.3. The number of ether oxygens (including phenoxy) is 1. The molecule has 2 aromatic rings. The quantitative estimate of drug-likeness (QED) is 0.742. The van der Waals surface area contributed by atoms with Crippen LogP contribution in [-0.2, 0) is 16.0 Å². The maximum atomic E-state index is 11.9. The summed E-state index contributed by atoms with van der Waals surface area (Å²) in [6.45, 7) is 4.82. The minimum atomic E-state index is -1.38. The first-order valence-corrected chi connectivity index (χ1v) is 8.06. The predicted molar refractivity (Wildman–Crippen MR) is 89.2 cm³/mol. The van der Waals surface area contributed by atoms with Crippen LogP contribution in [0.5, 0.6) is 5.75 Å². The number of amides is 1. The first-order chi connectivity index (χ1) is 11.8. The minimum Gasteiger partial charge on any atom is -0.548 e. The fraction of sp³-hybridized carbons (Fsp3) is 0.389. The van der Waals surface area contributed by atoms with E-state index in [9.17, 15) is 19.5 Å². The Hall–Kier alpha value is -2.83. The molecule has 1 N–H and O–H groups in total. The first kappa shape index (κ1) is 18.5. The average molecular weight is 346 g/mol. The van der Waals surface area contributed by atoms with E-state index in [1.807, 2.05) is 6.92 Å². The van der Waals surface area contributed by atoms with Crippen LogP contribution in [0.15, 0.2) is 33.5 Å². The van der Waals surface area contributed by atoms with Crippen molar-refractivity contribution in [2.75, 3.05) is 0 Å². The van der Waals surface area contributed by atoms with Gasteiger partial charge < -0.3 is 24.4 Å². The normalized spacial score (nSPS) is 13.2. The van der Waals surface area contributed by atoms with E-state index in [0.717, 1.165) is 23.8 Å². The van der Waals surface area contributed by atoms with Crippen LogP contribution < -0.4 is 20.8 Å². The van der Waals surface area contributed by atoms with Crippen molar-refractivity contribution in [3.05, 3.63) is 40.2 Å². The van der Waals surface area contributed by atoms with Crippen molar-refractivity contribution in [3.63, 3.8) is 0 Å². The lowest BCUT2D eigenvalue weighted by Crippen LogP contribution is -2.49. The molecule has 134 valence electrons. The lowest BCUT2D eigenvalue weighted by molar-refractivity contribution is -0.307. The van der Waals surface area contributed by atoms with Gasteiger partial charge in [0.1, 0.15) is 11.3 Å². The van der Waals surface area contributed by atoms with E-state index in [1.165, 1.54) is 19.9 Å². The molecule has 0 bridgehead atoms. The topological polar surface area (TPSA) is 109 Å². The van der Waals surface area contributed by atoms with Gasteiger partial charge in [-0.25, -0.2) is 4.79 Å². The summed E-state index contributed by atoms with van der Waals surface area (Å²) in [5, 5.41) is 13.8. The van der Waals surface area contributed by atoms with Gasteiger partial charge in [0.2, 0.25) is 0 Å². The largest absolute Gasteiger partial charge is 0.548 e. The molecule has 1 aromatic heterocycles. The van der Waals surface area contributed by atoms with Crippen LogP contribution in [0.1, 0.15) is 32.8 Å². The molecule has 1 amide bonds. The lowest BCUT2D eigenvalue weighted by Gasteiger charge is -2.19. The summed E-state index contributed by atoms with van der Waals surface area (Å²) >= 11 is 0. The number of hydrogen-bond acceptors (Lipinski definition) is 6. The van der Waals surface area contributed by atoms with E-state index >= 15 is 0 Å². The summed E-state index contributed by atoms with van der Waals surface area (Å²) in [6, 6.07) is 5.34. The molecular weight excluding hydrogens is 326 g/mol. The summed E-state index contributed by atoms with van der Waals surface area (Å²) in [5.41, 5.74) is 0.833. The van der Waals surface area contributed by atoms with E-state index in [0.29, 0.717) is 11.3 Å². The maximum Gasteiger partial charge on any atom is 0.336 e. The van der Waals surface area contributed by atoms with Crippen LogP contribution in [0, 0.1) is 0 Å². The zero-order valence-corrected chi connectivity index (χ0v) is 14.3. The van der Waals surface area contributed by atoms with Gasteiger partial charge in [-0.05, 0) is 38.0 Å². The molecule has 25 heavy (non-hydrogen) atoms. The molecule has 0 saturated heterocycles. The summed E-state index contributed by atoms with van der Waals surface area (Å²) in [6.07, 6.45) is 0.720. The number of carbonyl (C=O) groups excluding carboxylic acids is 2. The third kappa shape index (κ3) is 4.59. The van der Waals surface area contributed by atoms with Gasteiger partial charge in [-0.1, -0.05) is 13.3 Å². The molecule has 2 rings (SSSR count). The number of aryl methyl sites for hydroxylation is 1. The van der Waals surface area contributed by atoms with Gasteiger partial charge in [0.25, 0.3) is 5.91 Å². The number of benzene rings is 1. The number of fused-ring (bicyclic) bond motifs is 1. The Bertz CT molecular complexity index is 841. The number of carboxylic acid groups (broad SMARTS) is 1. The number of carbonyl (C=O) groups is 2. The summed E-state index contributed by atoms with van der Waals surface area (Å²) < 4.78 is 10.7. The highest BCUT2D eigenvalue weighted by molar-refractivity contribution is 5.86. The number of rotatable bonds is 7. The van der Waals surface area contributed by atoms with Gasteiger partial charge >= 0.3 is 5.63 Å². The number of hydrogen-bond donors (Lipinski definition) is 1. The molecule has 7 nitrogen and oxygen atoms in total. The molecule has 0 aliphatic carbocycles. The predicted octanol–water partition coefficient (Wildman–Crippen LogP) is 0.767. The first-order valence-electron chi connectivity index (χ1n) is 8.06. The second kappa shape index (κ2) is 7.83. The maximum absolute atomic E-state index is 11.9. The third-order valence-electron chi connectivity index (χ3n) is 3.72. The van der Waals surface area contributed by atoms with Gasteiger partial charge in [-0.2, -0.15) is 0 Å². The molecule has 0 spiro atoms. The van der Waals surface area contributed by atoms with E-state index in [4.69, 9.17) is 9.15 Å². The van der Waals surface area contributed by atoms with Gasteiger partial charge in [-0.15, -0.1) is 0 Å². The molecule has 0 aliphatic rings. The van der Waals surface area contributed by atoms with Crippen LogP contribution in [-0.4, -0.2) is 24.0 Å². The molecule has 0 saturated carbocycles. The number of nitrogens with one attached hydrogen (secondary N) is 1. The molecule has 0 unspecified atom stereocenters. The van der Waals surface area contributed by atoms with Gasteiger partial charge in [0.05, 0.1) is 12.0 Å². The van der Waals surface area contributed by atoms with Crippen LogP contribution in [0.4, 0.5) is 0 Å². The van der Waals surface area contributed by atoms with Crippen molar-refractivity contribution in [2.24, 2.45) is 0 Å². The Labute approximate surface area is 144 Å². The molecule has 0 radical (unpaired) electrons. The molecule has 2 atom stereocenters. The van der Waals surface area contributed by atoms with Crippen molar-refractivity contribution in [3.8, 4) is 5.75 Å². The van der Waals surface area contributed by atoms with E-state index in [-0.39, 0.29) is 0 Å². The Balaban J connectivity index is 2.20. The Kier molecular flexibility index (Phi) is 5.80. The van der Waals surface area contributed by atoms with Gasteiger partial charge in [0, 0.05) is 17.5 Å².